The van der Waals surface area contributed by atoms with Gasteiger partial charge in [0.1, 0.15) is 0 Å². The van der Waals surface area contributed by atoms with E-state index < -0.39 is 0 Å². The topological polar surface area (TPSA) is 52.9 Å². The predicted octanol–water partition coefficient (Wildman–Crippen LogP) is 1.16. The molecule has 0 bridgehead atoms. The number of nitriles is 1. The minimum Gasteiger partial charge on any atom is -0.353 e. The van der Waals surface area contributed by atoms with Crippen molar-refractivity contribution >= 4 is 17.7 Å². The van der Waals surface area contributed by atoms with E-state index in [9.17, 15) is 4.79 Å². The van der Waals surface area contributed by atoms with Gasteiger partial charge in [0, 0.05) is 6.04 Å². The Bertz CT molecular complexity index is 176. The molecule has 0 saturated carbocycles. The summed E-state index contributed by atoms with van der Waals surface area (Å²) in [7, 11) is 0. The molecule has 1 atom stereocenters. The first-order valence-corrected chi connectivity index (χ1v) is 5.10. The Balaban J connectivity index is 3.41. The smallest absolute Gasteiger partial charge is 0.230 e. The molecule has 1 N–H and O–H groups in total. The third-order valence-corrected chi connectivity index (χ3v) is 2.22. The summed E-state index contributed by atoms with van der Waals surface area (Å²) in [4.78, 5) is 11.0. The molecule has 0 aliphatic heterocycles. The van der Waals surface area contributed by atoms with Crippen LogP contribution in [0.25, 0.3) is 0 Å². The van der Waals surface area contributed by atoms with Crippen LogP contribution in [-0.2, 0) is 4.79 Å². The normalized spacial score (nSPS) is 11.8. The molecule has 12 heavy (non-hydrogen) atoms. The van der Waals surface area contributed by atoms with Crippen molar-refractivity contribution in [1.82, 2.24) is 5.32 Å². The molecule has 0 aromatic rings. The zero-order chi connectivity index (χ0) is 9.40. The van der Waals surface area contributed by atoms with Crippen LogP contribution in [0.5, 0.6) is 0 Å². The van der Waals surface area contributed by atoms with Crippen LogP contribution in [0.15, 0.2) is 0 Å². The summed E-state index contributed by atoms with van der Waals surface area (Å²) in [5, 5.41) is 11.0. The van der Waals surface area contributed by atoms with E-state index >= 15 is 0 Å². The molecule has 0 saturated heterocycles. The van der Waals surface area contributed by atoms with Gasteiger partial charge in [-0.1, -0.05) is 6.92 Å². The number of thioether (sulfide) groups is 1. The Morgan fingerprint density at radius 2 is 2.42 bits per heavy atom. The van der Waals surface area contributed by atoms with Crippen LogP contribution in [0, 0.1) is 11.3 Å². The average Bonchev–Trinajstić information content (AvgIpc) is 2.05. The molecule has 1 amide bonds. The Labute approximate surface area is 77.5 Å². The van der Waals surface area contributed by atoms with Crippen LogP contribution in [0.3, 0.4) is 0 Å². The summed E-state index contributed by atoms with van der Waals surface area (Å²) >= 11 is 1.34. The monoisotopic (exact) mass is 186 g/mol. The van der Waals surface area contributed by atoms with E-state index in [0.29, 0.717) is 11.5 Å². The van der Waals surface area contributed by atoms with Crippen molar-refractivity contribution in [1.29, 1.82) is 5.26 Å². The predicted molar refractivity (Wildman–Crippen MR) is 50.8 cm³/mol. The van der Waals surface area contributed by atoms with Gasteiger partial charge in [-0.25, -0.2) is 0 Å². The molecule has 4 heteroatoms. The molecule has 0 heterocycles. The van der Waals surface area contributed by atoms with Crippen molar-refractivity contribution in [3.8, 4) is 6.07 Å². The van der Waals surface area contributed by atoms with E-state index in [2.05, 4.69) is 5.32 Å². The number of hydrogen-bond donors (Lipinski definition) is 1. The fourth-order valence-corrected chi connectivity index (χ4v) is 1.07. The molecule has 68 valence electrons. The minimum atomic E-state index is 0.0181. The first kappa shape index (κ1) is 11.3. The van der Waals surface area contributed by atoms with E-state index in [1.807, 2.05) is 19.9 Å². The Kier molecular flexibility index (Phi) is 6.58. The van der Waals surface area contributed by atoms with Crippen LogP contribution in [0.2, 0.25) is 0 Å². The summed E-state index contributed by atoms with van der Waals surface area (Å²) in [5.74, 6) is 0.788. The van der Waals surface area contributed by atoms with E-state index in [-0.39, 0.29) is 11.9 Å². The van der Waals surface area contributed by atoms with Crippen molar-refractivity contribution in [3.05, 3.63) is 0 Å². The van der Waals surface area contributed by atoms with Gasteiger partial charge in [-0.15, -0.1) is 11.8 Å². The fourth-order valence-electron chi connectivity index (χ4n) is 0.608. The van der Waals surface area contributed by atoms with Crippen molar-refractivity contribution in [3.63, 3.8) is 0 Å². The Hall–Kier alpha value is -0.690. The molecule has 0 rings (SSSR count). The number of carbonyl (C=O) groups is 1. The lowest BCUT2D eigenvalue weighted by Crippen LogP contribution is -2.33. The van der Waals surface area contributed by atoms with E-state index in [1.165, 1.54) is 11.8 Å². The number of nitrogens with one attached hydrogen (secondary N) is 1. The molecule has 0 aliphatic rings. The van der Waals surface area contributed by atoms with Crippen LogP contribution >= 0.6 is 11.8 Å². The third-order valence-electron chi connectivity index (χ3n) is 1.42. The van der Waals surface area contributed by atoms with Crippen molar-refractivity contribution in [2.24, 2.45) is 0 Å². The van der Waals surface area contributed by atoms with Gasteiger partial charge in [0.15, 0.2) is 0 Å². The molecule has 1 unspecified atom stereocenters. The maximum Gasteiger partial charge on any atom is 0.230 e. The summed E-state index contributed by atoms with van der Waals surface area (Å²) in [5.41, 5.74) is 0. The Morgan fingerprint density at radius 3 is 2.92 bits per heavy atom. The van der Waals surface area contributed by atoms with Crippen molar-refractivity contribution in [2.75, 3.05) is 11.5 Å². The zero-order valence-electron chi connectivity index (χ0n) is 7.46. The molecular weight excluding hydrogens is 172 g/mol. The fraction of sp³-hybridized carbons (Fsp3) is 0.750. The maximum absolute atomic E-state index is 11.0. The molecular formula is C8H14N2OS. The summed E-state index contributed by atoms with van der Waals surface area (Å²) in [6.07, 6.45) is 0.939. The van der Waals surface area contributed by atoms with Gasteiger partial charge >= 0.3 is 0 Å². The molecule has 0 radical (unpaired) electrons. The second-order valence-corrected chi connectivity index (χ2v) is 3.51. The average molecular weight is 186 g/mol. The number of nitrogens with zero attached hydrogens (tertiary/aromatic N) is 1. The first-order valence-electron chi connectivity index (χ1n) is 3.94. The SMILES string of the molecule is CCC(C)NC(=O)CSCC#N. The van der Waals surface area contributed by atoms with Gasteiger partial charge < -0.3 is 5.32 Å². The van der Waals surface area contributed by atoms with Gasteiger partial charge in [0.2, 0.25) is 5.91 Å². The highest BCUT2D eigenvalue weighted by Crippen LogP contribution is 1.97. The van der Waals surface area contributed by atoms with Crippen LogP contribution in [0.1, 0.15) is 20.3 Å². The standard InChI is InChI=1S/C8H14N2OS/c1-3-7(2)10-8(11)6-12-5-4-9/h7H,3,5-6H2,1-2H3,(H,10,11). The quantitative estimate of drug-likeness (QED) is 0.655. The van der Waals surface area contributed by atoms with Gasteiger partial charge in [-0.3, -0.25) is 4.79 Å². The molecule has 3 nitrogen and oxygen atoms in total. The highest BCUT2D eigenvalue weighted by Gasteiger charge is 2.04. The van der Waals surface area contributed by atoms with Crippen molar-refractivity contribution in [2.45, 2.75) is 26.3 Å². The lowest BCUT2D eigenvalue weighted by Gasteiger charge is -2.09. The van der Waals surface area contributed by atoms with Crippen LogP contribution < -0.4 is 5.32 Å². The largest absolute Gasteiger partial charge is 0.353 e. The second-order valence-electron chi connectivity index (χ2n) is 2.53. The van der Waals surface area contributed by atoms with Gasteiger partial charge in [-0.2, -0.15) is 5.26 Å². The molecule has 0 aromatic carbocycles. The minimum absolute atomic E-state index is 0.0181. The summed E-state index contributed by atoms with van der Waals surface area (Å²) in [6.45, 7) is 3.99. The van der Waals surface area contributed by atoms with E-state index in [1.54, 1.807) is 0 Å². The van der Waals surface area contributed by atoms with Crippen LogP contribution in [-0.4, -0.2) is 23.5 Å². The maximum atomic E-state index is 11.0. The highest BCUT2D eigenvalue weighted by molar-refractivity contribution is 8.00. The summed E-state index contributed by atoms with van der Waals surface area (Å²) in [6, 6.07) is 2.21. The van der Waals surface area contributed by atoms with Gasteiger partial charge in [0.05, 0.1) is 17.6 Å². The van der Waals surface area contributed by atoms with Crippen molar-refractivity contribution < 1.29 is 4.79 Å². The summed E-state index contributed by atoms with van der Waals surface area (Å²) < 4.78 is 0. The van der Waals surface area contributed by atoms with Gasteiger partial charge in [-0.05, 0) is 13.3 Å². The third kappa shape index (κ3) is 6.05. The first-order chi connectivity index (χ1) is 5.70. The Morgan fingerprint density at radius 1 is 1.75 bits per heavy atom. The number of carbonyl (C=O) groups excluding carboxylic acids is 1. The van der Waals surface area contributed by atoms with E-state index in [0.717, 1.165) is 6.42 Å². The molecule has 0 spiro atoms. The molecule has 0 aliphatic carbocycles. The lowest BCUT2D eigenvalue weighted by molar-refractivity contribution is -0.119. The zero-order valence-corrected chi connectivity index (χ0v) is 8.28. The number of rotatable bonds is 5. The lowest BCUT2D eigenvalue weighted by atomic mass is 10.3. The van der Waals surface area contributed by atoms with Gasteiger partial charge in [0.25, 0.3) is 0 Å². The van der Waals surface area contributed by atoms with Crippen LogP contribution in [0.4, 0.5) is 0 Å². The van der Waals surface area contributed by atoms with E-state index in [4.69, 9.17) is 5.26 Å². The molecule has 0 fully saturated rings. The molecule has 0 aromatic heterocycles. The number of amides is 1. The second kappa shape index (κ2) is 6.99. The number of hydrogen-bond acceptors (Lipinski definition) is 3. The highest BCUT2D eigenvalue weighted by atomic mass is 32.2.